The molecule has 29 heavy (non-hydrogen) atoms. The number of ether oxygens (including phenoxy) is 1. The van der Waals surface area contributed by atoms with E-state index in [2.05, 4.69) is 9.97 Å². The largest absolute Gasteiger partial charge is 0.507 e. The third kappa shape index (κ3) is 3.60. The van der Waals surface area contributed by atoms with E-state index in [0.29, 0.717) is 16.7 Å². The second-order valence-electron chi connectivity index (χ2n) is 6.63. The molecule has 0 radical (unpaired) electrons. The molecule has 0 spiro atoms. The highest BCUT2D eigenvalue weighted by atomic mass is 16.5. The Kier molecular flexibility index (Phi) is 4.83. The predicted molar refractivity (Wildman–Crippen MR) is 109 cm³/mol. The summed E-state index contributed by atoms with van der Waals surface area (Å²) in [5.41, 5.74) is 2.90. The molecule has 2 heterocycles. The highest BCUT2D eigenvalue weighted by Gasteiger charge is 2.20. The summed E-state index contributed by atoms with van der Waals surface area (Å²) in [6.45, 7) is 1.82. The van der Waals surface area contributed by atoms with E-state index in [0.717, 1.165) is 16.7 Å². The van der Waals surface area contributed by atoms with Gasteiger partial charge >= 0.3 is 5.97 Å². The van der Waals surface area contributed by atoms with Gasteiger partial charge in [-0.05, 0) is 36.2 Å². The highest BCUT2D eigenvalue weighted by Crippen LogP contribution is 2.38. The van der Waals surface area contributed by atoms with Gasteiger partial charge < -0.3 is 14.9 Å². The van der Waals surface area contributed by atoms with Gasteiger partial charge in [0, 0.05) is 28.9 Å². The quantitative estimate of drug-likeness (QED) is 0.521. The first-order valence-corrected chi connectivity index (χ1v) is 9.02. The van der Waals surface area contributed by atoms with Crippen LogP contribution >= 0.6 is 0 Å². The lowest BCUT2D eigenvalue weighted by Gasteiger charge is -2.14. The molecule has 6 heteroatoms. The number of pyridine rings is 2. The summed E-state index contributed by atoms with van der Waals surface area (Å²) in [7, 11) is 0. The van der Waals surface area contributed by atoms with Crippen molar-refractivity contribution >= 4 is 16.9 Å². The summed E-state index contributed by atoms with van der Waals surface area (Å²) in [6, 6.07) is 16.9. The molecule has 2 aromatic heterocycles. The van der Waals surface area contributed by atoms with E-state index in [4.69, 9.17) is 4.74 Å². The first-order valence-electron chi connectivity index (χ1n) is 9.02. The van der Waals surface area contributed by atoms with Crippen molar-refractivity contribution in [3.05, 3.63) is 83.8 Å². The van der Waals surface area contributed by atoms with Gasteiger partial charge in [-0.2, -0.15) is 0 Å². The van der Waals surface area contributed by atoms with Gasteiger partial charge in [-0.1, -0.05) is 36.4 Å². The molecule has 4 aromatic rings. The molecule has 0 unspecified atom stereocenters. The number of hydrogen-bond acceptors (Lipinski definition) is 5. The number of carbonyl (C=O) groups is 1. The Labute approximate surface area is 167 Å². The van der Waals surface area contributed by atoms with Crippen molar-refractivity contribution in [2.75, 3.05) is 0 Å². The van der Waals surface area contributed by atoms with E-state index in [1.54, 1.807) is 24.5 Å². The van der Waals surface area contributed by atoms with Crippen LogP contribution in [0.3, 0.4) is 0 Å². The molecule has 0 aliphatic rings. The summed E-state index contributed by atoms with van der Waals surface area (Å²) in [6.07, 6.45) is 3.39. The number of nitrogens with zero attached hydrogens (tertiary/aromatic N) is 2. The van der Waals surface area contributed by atoms with Crippen molar-refractivity contribution in [2.45, 2.75) is 13.5 Å². The molecule has 144 valence electrons. The molecule has 0 fully saturated rings. The van der Waals surface area contributed by atoms with Gasteiger partial charge in [0.25, 0.3) is 0 Å². The van der Waals surface area contributed by atoms with E-state index in [9.17, 15) is 15.0 Å². The molecule has 0 saturated carbocycles. The van der Waals surface area contributed by atoms with E-state index in [1.807, 2.05) is 42.5 Å². The minimum Gasteiger partial charge on any atom is -0.507 e. The SMILES string of the molecule is Cc1c(C(=O)O)nc2c(OCc3ccccc3)cc(-c3cccnc3)cc2c1O. The molecule has 0 bridgehead atoms. The Bertz CT molecular complexity index is 1190. The molecular weight excluding hydrogens is 368 g/mol. The minimum atomic E-state index is -1.20. The average molecular weight is 386 g/mol. The zero-order chi connectivity index (χ0) is 20.4. The average Bonchev–Trinajstić information content (AvgIpc) is 2.75. The summed E-state index contributed by atoms with van der Waals surface area (Å²) < 4.78 is 6.01. The number of rotatable bonds is 5. The van der Waals surface area contributed by atoms with Crippen LogP contribution in [0.5, 0.6) is 11.5 Å². The normalized spacial score (nSPS) is 10.8. The van der Waals surface area contributed by atoms with Gasteiger partial charge in [0.2, 0.25) is 0 Å². The predicted octanol–water partition coefficient (Wildman–Crippen LogP) is 4.59. The van der Waals surface area contributed by atoms with Crippen LogP contribution in [0.1, 0.15) is 21.6 Å². The molecule has 2 aromatic carbocycles. The Morgan fingerprint density at radius 3 is 2.55 bits per heavy atom. The molecular formula is C23H18N2O4. The number of aromatic hydroxyl groups is 1. The molecule has 0 aliphatic carbocycles. The van der Waals surface area contributed by atoms with E-state index in [-0.39, 0.29) is 23.6 Å². The number of carboxylic acids is 1. The van der Waals surface area contributed by atoms with Crippen molar-refractivity contribution < 1.29 is 19.7 Å². The van der Waals surface area contributed by atoms with Crippen LogP contribution in [0, 0.1) is 6.92 Å². The topological polar surface area (TPSA) is 92.5 Å². The third-order valence-corrected chi connectivity index (χ3v) is 4.70. The smallest absolute Gasteiger partial charge is 0.354 e. The number of fused-ring (bicyclic) bond motifs is 1. The maximum absolute atomic E-state index is 11.6. The van der Waals surface area contributed by atoms with Crippen LogP contribution in [0.15, 0.2) is 67.0 Å². The Hall–Kier alpha value is -3.93. The highest BCUT2D eigenvalue weighted by molar-refractivity contribution is 5.99. The fraction of sp³-hybridized carbons (Fsp3) is 0.0870. The second kappa shape index (κ2) is 7.59. The summed E-state index contributed by atoms with van der Waals surface area (Å²) >= 11 is 0. The lowest BCUT2D eigenvalue weighted by Crippen LogP contribution is -2.05. The lowest BCUT2D eigenvalue weighted by molar-refractivity contribution is 0.0689. The fourth-order valence-corrected chi connectivity index (χ4v) is 3.17. The van der Waals surface area contributed by atoms with Crippen molar-refractivity contribution in [1.82, 2.24) is 9.97 Å². The first kappa shape index (κ1) is 18.4. The van der Waals surface area contributed by atoms with Gasteiger partial charge in [0.1, 0.15) is 23.6 Å². The lowest BCUT2D eigenvalue weighted by atomic mass is 10.0. The number of aromatic nitrogens is 2. The minimum absolute atomic E-state index is 0.122. The molecule has 2 N–H and O–H groups in total. The van der Waals surface area contributed by atoms with E-state index < -0.39 is 5.97 Å². The van der Waals surface area contributed by atoms with Crippen molar-refractivity contribution in [3.8, 4) is 22.6 Å². The Morgan fingerprint density at radius 2 is 1.86 bits per heavy atom. The fourth-order valence-electron chi connectivity index (χ4n) is 3.17. The molecule has 4 rings (SSSR count). The number of hydrogen-bond donors (Lipinski definition) is 2. The van der Waals surface area contributed by atoms with Crippen molar-refractivity contribution in [3.63, 3.8) is 0 Å². The molecule has 0 atom stereocenters. The maximum Gasteiger partial charge on any atom is 0.354 e. The monoisotopic (exact) mass is 386 g/mol. The molecule has 0 amide bonds. The van der Waals surface area contributed by atoms with Crippen molar-refractivity contribution in [2.24, 2.45) is 0 Å². The van der Waals surface area contributed by atoms with Gasteiger partial charge in [-0.25, -0.2) is 9.78 Å². The number of aromatic carboxylic acids is 1. The zero-order valence-electron chi connectivity index (χ0n) is 15.7. The zero-order valence-corrected chi connectivity index (χ0v) is 15.7. The van der Waals surface area contributed by atoms with Crippen LogP contribution in [0.4, 0.5) is 0 Å². The van der Waals surface area contributed by atoms with Gasteiger partial charge in [-0.3, -0.25) is 4.98 Å². The van der Waals surface area contributed by atoms with Gasteiger partial charge in [-0.15, -0.1) is 0 Å². The Balaban J connectivity index is 1.90. The number of benzene rings is 2. The summed E-state index contributed by atoms with van der Waals surface area (Å²) in [5.74, 6) is -0.934. The van der Waals surface area contributed by atoms with E-state index >= 15 is 0 Å². The maximum atomic E-state index is 11.6. The standard InChI is InChI=1S/C23H18N2O4/c1-14-20(23(27)28)25-21-18(22(14)26)10-17(16-8-5-9-24-12-16)11-19(21)29-13-15-6-3-2-4-7-15/h2-12H,13H2,1H3,(H,25,26)(H,27,28). The first-order chi connectivity index (χ1) is 14.0. The van der Waals surface area contributed by atoms with Crippen LogP contribution in [-0.2, 0) is 6.61 Å². The van der Waals surface area contributed by atoms with E-state index in [1.165, 1.54) is 6.92 Å². The number of carboxylic acid groups (broad SMARTS) is 1. The molecule has 0 aliphatic heterocycles. The molecule has 6 nitrogen and oxygen atoms in total. The second-order valence-corrected chi connectivity index (χ2v) is 6.63. The van der Waals surface area contributed by atoms with Crippen LogP contribution in [0.25, 0.3) is 22.0 Å². The third-order valence-electron chi connectivity index (χ3n) is 4.70. The van der Waals surface area contributed by atoms with Crippen LogP contribution in [-0.4, -0.2) is 26.2 Å². The van der Waals surface area contributed by atoms with Crippen LogP contribution < -0.4 is 4.74 Å². The van der Waals surface area contributed by atoms with Gasteiger partial charge in [0.05, 0.1) is 0 Å². The Morgan fingerprint density at radius 1 is 1.07 bits per heavy atom. The summed E-state index contributed by atoms with van der Waals surface area (Å²) in [5, 5.41) is 20.6. The molecule has 0 saturated heterocycles. The van der Waals surface area contributed by atoms with Gasteiger partial charge in [0.15, 0.2) is 5.69 Å². The van der Waals surface area contributed by atoms with Crippen molar-refractivity contribution in [1.29, 1.82) is 0 Å². The summed E-state index contributed by atoms with van der Waals surface area (Å²) in [4.78, 5) is 20.0. The van der Waals surface area contributed by atoms with Crippen LogP contribution in [0.2, 0.25) is 0 Å².